The monoisotopic (exact) mass is 235 g/mol. The molecule has 0 aromatic heterocycles. The Morgan fingerprint density at radius 1 is 1.24 bits per heavy atom. The highest BCUT2D eigenvalue weighted by Gasteiger charge is 2.14. The van der Waals surface area contributed by atoms with Gasteiger partial charge in [0.15, 0.2) is 0 Å². The Morgan fingerprint density at radius 3 is 2.35 bits per heavy atom. The van der Waals surface area contributed by atoms with E-state index >= 15 is 0 Å². The van der Waals surface area contributed by atoms with Gasteiger partial charge in [-0.2, -0.15) is 0 Å². The predicted molar refractivity (Wildman–Crippen MR) is 69.5 cm³/mol. The molecular formula is C14H21NO2. The number of rotatable bonds is 5. The molecule has 0 heterocycles. The second kappa shape index (κ2) is 5.82. The lowest BCUT2D eigenvalue weighted by molar-refractivity contribution is -0.139. The minimum absolute atomic E-state index is 0.462. The van der Waals surface area contributed by atoms with Crippen LogP contribution in [0.4, 0.5) is 0 Å². The van der Waals surface area contributed by atoms with E-state index in [4.69, 9.17) is 5.11 Å². The Hall–Kier alpha value is -1.35. The van der Waals surface area contributed by atoms with Crippen molar-refractivity contribution in [3.8, 4) is 0 Å². The molecule has 0 radical (unpaired) electrons. The van der Waals surface area contributed by atoms with Gasteiger partial charge in [0.25, 0.3) is 0 Å². The van der Waals surface area contributed by atoms with Gasteiger partial charge < -0.3 is 10.4 Å². The van der Waals surface area contributed by atoms with Crippen molar-refractivity contribution in [2.24, 2.45) is 0 Å². The molecule has 94 valence electrons. The molecule has 0 aliphatic heterocycles. The van der Waals surface area contributed by atoms with Crippen LogP contribution in [0, 0.1) is 20.8 Å². The van der Waals surface area contributed by atoms with E-state index in [9.17, 15) is 4.79 Å². The Balaban J connectivity index is 2.75. The first-order chi connectivity index (χ1) is 7.95. The van der Waals surface area contributed by atoms with Crippen LogP contribution in [0.2, 0.25) is 0 Å². The summed E-state index contributed by atoms with van der Waals surface area (Å²) >= 11 is 0. The topological polar surface area (TPSA) is 49.3 Å². The first kappa shape index (κ1) is 13.7. The number of carboxylic acids is 1. The number of carbonyl (C=O) groups is 1. The second-order valence-electron chi connectivity index (χ2n) is 4.58. The van der Waals surface area contributed by atoms with Crippen LogP contribution in [0.25, 0.3) is 0 Å². The lowest BCUT2D eigenvalue weighted by Gasteiger charge is -2.13. The Kier molecular flexibility index (Phi) is 4.70. The first-order valence-electron chi connectivity index (χ1n) is 5.92. The Morgan fingerprint density at radius 2 is 1.82 bits per heavy atom. The zero-order chi connectivity index (χ0) is 13.0. The van der Waals surface area contributed by atoms with Gasteiger partial charge in [0, 0.05) is 0 Å². The Labute approximate surface area is 103 Å². The fraction of sp³-hybridized carbons (Fsp3) is 0.500. The maximum atomic E-state index is 10.9. The number of likely N-dealkylation sites (N-methyl/N-ethyl adjacent to an activating group) is 1. The van der Waals surface area contributed by atoms with E-state index in [2.05, 4.69) is 38.2 Å². The van der Waals surface area contributed by atoms with Crippen LogP contribution < -0.4 is 5.32 Å². The highest BCUT2D eigenvalue weighted by molar-refractivity contribution is 5.73. The molecule has 0 aliphatic rings. The molecule has 1 atom stereocenters. The van der Waals surface area contributed by atoms with Crippen molar-refractivity contribution in [2.75, 3.05) is 7.05 Å². The SMILES string of the molecule is CNC(CCc1cc(C)c(C)cc1C)C(=O)O. The number of aryl methyl sites for hydroxylation is 4. The minimum Gasteiger partial charge on any atom is -0.480 e. The summed E-state index contributed by atoms with van der Waals surface area (Å²) in [5.74, 6) is -0.783. The summed E-state index contributed by atoms with van der Waals surface area (Å²) in [5.41, 5.74) is 5.04. The fourth-order valence-corrected chi connectivity index (χ4v) is 1.98. The molecule has 0 fully saturated rings. The van der Waals surface area contributed by atoms with Crippen LogP contribution >= 0.6 is 0 Å². The average molecular weight is 235 g/mol. The molecule has 3 nitrogen and oxygen atoms in total. The summed E-state index contributed by atoms with van der Waals surface area (Å²) in [4.78, 5) is 10.9. The molecule has 0 aliphatic carbocycles. The lowest BCUT2D eigenvalue weighted by Crippen LogP contribution is -2.34. The zero-order valence-electron chi connectivity index (χ0n) is 11.0. The van der Waals surface area contributed by atoms with Crippen molar-refractivity contribution in [1.82, 2.24) is 5.32 Å². The van der Waals surface area contributed by atoms with Crippen molar-refractivity contribution in [3.63, 3.8) is 0 Å². The molecule has 0 bridgehead atoms. The van der Waals surface area contributed by atoms with Crippen LogP contribution in [-0.2, 0) is 11.2 Å². The molecular weight excluding hydrogens is 214 g/mol. The van der Waals surface area contributed by atoms with Gasteiger partial charge in [0.05, 0.1) is 0 Å². The maximum absolute atomic E-state index is 10.9. The average Bonchev–Trinajstić information content (AvgIpc) is 2.25. The van der Waals surface area contributed by atoms with Gasteiger partial charge in [-0.05, 0) is 62.9 Å². The summed E-state index contributed by atoms with van der Waals surface area (Å²) in [7, 11) is 1.69. The molecule has 0 saturated carbocycles. The summed E-state index contributed by atoms with van der Waals surface area (Å²) in [5, 5.41) is 11.8. The van der Waals surface area contributed by atoms with Crippen molar-refractivity contribution >= 4 is 5.97 Å². The first-order valence-corrected chi connectivity index (χ1v) is 5.92. The summed E-state index contributed by atoms with van der Waals surface area (Å²) in [6.07, 6.45) is 1.42. The van der Waals surface area contributed by atoms with Crippen LogP contribution in [-0.4, -0.2) is 24.2 Å². The second-order valence-corrected chi connectivity index (χ2v) is 4.58. The molecule has 1 rings (SSSR count). The van der Waals surface area contributed by atoms with Gasteiger partial charge in [-0.3, -0.25) is 4.79 Å². The summed E-state index contributed by atoms with van der Waals surface area (Å²) in [6.45, 7) is 6.27. The van der Waals surface area contributed by atoms with Crippen molar-refractivity contribution in [1.29, 1.82) is 0 Å². The van der Waals surface area contributed by atoms with E-state index in [0.717, 1.165) is 6.42 Å². The maximum Gasteiger partial charge on any atom is 0.320 e. The van der Waals surface area contributed by atoms with Gasteiger partial charge in [0.1, 0.15) is 6.04 Å². The van der Waals surface area contributed by atoms with Gasteiger partial charge in [0.2, 0.25) is 0 Å². The molecule has 1 unspecified atom stereocenters. The molecule has 0 amide bonds. The van der Waals surface area contributed by atoms with E-state index in [1.54, 1.807) is 7.05 Å². The predicted octanol–water partition coefficient (Wildman–Crippen LogP) is 2.22. The number of hydrogen-bond acceptors (Lipinski definition) is 2. The molecule has 0 saturated heterocycles. The third-order valence-corrected chi connectivity index (χ3v) is 3.30. The summed E-state index contributed by atoms with van der Waals surface area (Å²) in [6, 6.07) is 3.87. The highest BCUT2D eigenvalue weighted by Crippen LogP contribution is 2.17. The van der Waals surface area contributed by atoms with Crippen LogP contribution in [0.15, 0.2) is 12.1 Å². The molecule has 3 heteroatoms. The van der Waals surface area contributed by atoms with E-state index in [0.29, 0.717) is 6.42 Å². The number of hydrogen-bond donors (Lipinski definition) is 2. The Bertz CT molecular complexity index is 413. The minimum atomic E-state index is -0.783. The van der Waals surface area contributed by atoms with Crippen LogP contribution in [0.1, 0.15) is 28.7 Å². The van der Waals surface area contributed by atoms with Gasteiger partial charge >= 0.3 is 5.97 Å². The molecule has 1 aromatic carbocycles. The third kappa shape index (κ3) is 3.56. The van der Waals surface area contributed by atoms with E-state index in [1.807, 2.05) is 0 Å². The molecule has 17 heavy (non-hydrogen) atoms. The molecule has 2 N–H and O–H groups in total. The zero-order valence-corrected chi connectivity index (χ0v) is 11.0. The largest absolute Gasteiger partial charge is 0.480 e. The third-order valence-electron chi connectivity index (χ3n) is 3.30. The van der Waals surface area contributed by atoms with Crippen molar-refractivity contribution in [3.05, 3.63) is 34.4 Å². The molecule has 0 spiro atoms. The van der Waals surface area contributed by atoms with Crippen LogP contribution in [0.5, 0.6) is 0 Å². The fourth-order valence-electron chi connectivity index (χ4n) is 1.98. The number of aliphatic carboxylic acids is 1. The number of benzene rings is 1. The quantitative estimate of drug-likeness (QED) is 0.822. The normalized spacial score (nSPS) is 12.5. The van der Waals surface area contributed by atoms with E-state index in [-0.39, 0.29) is 0 Å². The van der Waals surface area contributed by atoms with Gasteiger partial charge in [-0.15, -0.1) is 0 Å². The van der Waals surface area contributed by atoms with Crippen LogP contribution in [0.3, 0.4) is 0 Å². The van der Waals surface area contributed by atoms with E-state index in [1.165, 1.54) is 22.3 Å². The standard InChI is InChI=1S/C14H21NO2/c1-9-7-11(3)12(8-10(9)2)5-6-13(15-4)14(16)17/h7-8,13,15H,5-6H2,1-4H3,(H,16,17). The lowest BCUT2D eigenvalue weighted by atomic mass is 9.96. The smallest absolute Gasteiger partial charge is 0.320 e. The van der Waals surface area contributed by atoms with Gasteiger partial charge in [-0.1, -0.05) is 12.1 Å². The summed E-state index contributed by atoms with van der Waals surface area (Å²) < 4.78 is 0. The number of nitrogens with one attached hydrogen (secondary N) is 1. The highest BCUT2D eigenvalue weighted by atomic mass is 16.4. The number of carboxylic acid groups (broad SMARTS) is 1. The molecule has 1 aromatic rings. The van der Waals surface area contributed by atoms with Crippen molar-refractivity contribution < 1.29 is 9.90 Å². The van der Waals surface area contributed by atoms with Crippen molar-refractivity contribution in [2.45, 2.75) is 39.7 Å². The van der Waals surface area contributed by atoms with E-state index < -0.39 is 12.0 Å². The van der Waals surface area contributed by atoms with Gasteiger partial charge in [-0.25, -0.2) is 0 Å².